The number of pyridine rings is 1. The fourth-order valence-corrected chi connectivity index (χ4v) is 2.00. The van der Waals surface area contributed by atoms with Crippen LogP contribution in [-0.2, 0) is 9.59 Å². The van der Waals surface area contributed by atoms with E-state index in [2.05, 4.69) is 10.1 Å². The van der Waals surface area contributed by atoms with Crippen LogP contribution < -0.4 is 5.01 Å². The first-order valence-corrected chi connectivity index (χ1v) is 6.02. The Morgan fingerprint density at radius 3 is 2.84 bits per heavy atom. The summed E-state index contributed by atoms with van der Waals surface area (Å²) < 4.78 is 0. The van der Waals surface area contributed by atoms with Gasteiger partial charge in [0.1, 0.15) is 0 Å². The highest BCUT2D eigenvalue weighted by atomic mass is 16.4. The molecule has 0 aromatic carbocycles. The van der Waals surface area contributed by atoms with Gasteiger partial charge in [-0.15, -0.1) is 0 Å². The van der Waals surface area contributed by atoms with E-state index in [0.717, 1.165) is 5.56 Å². The first kappa shape index (κ1) is 13.2. The Bertz CT molecular complexity index is 554. The second kappa shape index (κ2) is 5.17. The minimum atomic E-state index is -0.910. The van der Waals surface area contributed by atoms with Crippen molar-refractivity contribution in [3.8, 4) is 0 Å². The number of hydrazone groups is 1. The van der Waals surface area contributed by atoms with Crippen molar-refractivity contribution in [2.45, 2.75) is 26.7 Å². The van der Waals surface area contributed by atoms with Gasteiger partial charge in [0.15, 0.2) is 5.82 Å². The number of carbonyl (C=O) groups is 2. The van der Waals surface area contributed by atoms with Crippen LogP contribution in [0.15, 0.2) is 23.4 Å². The third-order valence-electron chi connectivity index (χ3n) is 3.03. The molecule has 0 radical (unpaired) electrons. The van der Waals surface area contributed by atoms with Crippen LogP contribution in [0.5, 0.6) is 0 Å². The number of aliphatic carboxylic acids is 1. The summed E-state index contributed by atoms with van der Waals surface area (Å²) in [6, 6.07) is 3.61. The summed E-state index contributed by atoms with van der Waals surface area (Å²) in [4.78, 5) is 26.9. The molecule has 2 rings (SSSR count). The van der Waals surface area contributed by atoms with Crippen molar-refractivity contribution in [1.82, 2.24) is 4.98 Å². The van der Waals surface area contributed by atoms with Crippen LogP contribution in [-0.4, -0.2) is 27.7 Å². The van der Waals surface area contributed by atoms with E-state index in [1.807, 2.05) is 13.0 Å². The Labute approximate surface area is 110 Å². The van der Waals surface area contributed by atoms with Crippen LogP contribution in [0.3, 0.4) is 0 Å². The Morgan fingerprint density at radius 1 is 1.47 bits per heavy atom. The van der Waals surface area contributed by atoms with Crippen LogP contribution in [0, 0.1) is 12.8 Å². The molecule has 100 valence electrons. The fourth-order valence-electron chi connectivity index (χ4n) is 2.00. The molecule has 6 heteroatoms. The van der Waals surface area contributed by atoms with Crippen molar-refractivity contribution in [3.63, 3.8) is 0 Å². The summed E-state index contributed by atoms with van der Waals surface area (Å²) in [5.41, 5.74) is 1.62. The van der Waals surface area contributed by atoms with E-state index in [0.29, 0.717) is 11.5 Å². The van der Waals surface area contributed by atoms with Crippen molar-refractivity contribution in [2.24, 2.45) is 11.0 Å². The van der Waals surface area contributed by atoms with Gasteiger partial charge in [-0.3, -0.25) is 9.59 Å². The van der Waals surface area contributed by atoms with Crippen molar-refractivity contribution in [3.05, 3.63) is 23.9 Å². The number of anilines is 1. The molecule has 0 saturated heterocycles. The van der Waals surface area contributed by atoms with Gasteiger partial charge in [0.05, 0.1) is 5.92 Å². The molecule has 0 aliphatic carbocycles. The number of carbonyl (C=O) groups excluding carboxylic acids is 1. The zero-order valence-corrected chi connectivity index (χ0v) is 10.8. The molecule has 0 spiro atoms. The number of hydrogen-bond acceptors (Lipinski definition) is 4. The van der Waals surface area contributed by atoms with E-state index in [1.54, 1.807) is 19.2 Å². The third kappa shape index (κ3) is 2.78. The predicted molar refractivity (Wildman–Crippen MR) is 69.9 cm³/mol. The van der Waals surface area contributed by atoms with E-state index >= 15 is 0 Å². The molecule has 6 nitrogen and oxygen atoms in total. The molecule has 1 aromatic rings. The molecule has 1 aliphatic rings. The van der Waals surface area contributed by atoms with Gasteiger partial charge < -0.3 is 5.11 Å². The van der Waals surface area contributed by atoms with Gasteiger partial charge in [0, 0.05) is 18.3 Å². The summed E-state index contributed by atoms with van der Waals surface area (Å²) in [5.74, 6) is -1.11. The van der Waals surface area contributed by atoms with Gasteiger partial charge >= 0.3 is 5.97 Å². The van der Waals surface area contributed by atoms with E-state index in [1.165, 1.54) is 5.01 Å². The molecule has 1 unspecified atom stereocenters. The molecule has 0 bridgehead atoms. The standard InChI is InChI=1S/C13H15N3O3/c1-8-5-6-14-11(7-8)16-13(19)10(9(2)15-16)3-4-12(17)18/h5-7,10H,3-4H2,1-2H3,(H,17,18). The zero-order valence-electron chi connectivity index (χ0n) is 10.8. The first-order chi connectivity index (χ1) is 8.99. The molecule has 1 atom stereocenters. The molecule has 0 saturated carbocycles. The lowest BCUT2D eigenvalue weighted by Gasteiger charge is -2.13. The fraction of sp³-hybridized carbons (Fsp3) is 0.385. The first-order valence-electron chi connectivity index (χ1n) is 6.02. The Kier molecular flexibility index (Phi) is 3.59. The van der Waals surface area contributed by atoms with E-state index in [-0.39, 0.29) is 18.7 Å². The van der Waals surface area contributed by atoms with Crippen LogP contribution in [0.4, 0.5) is 5.82 Å². The van der Waals surface area contributed by atoms with E-state index in [4.69, 9.17) is 5.11 Å². The van der Waals surface area contributed by atoms with Crippen LogP contribution in [0.2, 0.25) is 0 Å². The lowest BCUT2D eigenvalue weighted by Crippen LogP contribution is -2.28. The second-order valence-electron chi connectivity index (χ2n) is 4.57. The Balaban J connectivity index is 2.18. The summed E-state index contributed by atoms with van der Waals surface area (Å²) in [7, 11) is 0. The third-order valence-corrected chi connectivity index (χ3v) is 3.03. The van der Waals surface area contributed by atoms with Gasteiger partial charge in [-0.25, -0.2) is 4.98 Å². The van der Waals surface area contributed by atoms with Crippen molar-refractivity contribution in [2.75, 3.05) is 5.01 Å². The quantitative estimate of drug-likeness (QED) is 0.892. The van der Waals surface area contributed by atoms with E-state index in [9.17, 15) is 9.59 Å². The molecular weight excluding hydrogens is 246 g/mol. The maximum atomic E-state index is 12.2. The number of amides is 1. The van der Waals surface area contributed by atoms with Crippen LogP contribution in [0.1, 0.15) is 25.3 Å². The van der Waals surface area contributed by atoms with Gasteiger partial charge in [0.25, 0.3) is 5.91 Å². The maximum absolute atomic E-state index is 12.2. The molecule has 1 aromatic heterocycles. The summed E-state index contributed by atoms with van der Waals surface area (Å²) in [6.07, 6.45) is 1.84. The largest absolute Gasteiger partial charge is 0.481 e. The van der Waals surface area contributed by atoms with Gasteiger partial charge in [-0.1, -0.05) is 0 Å². The second-order valence-corrected chi connectivity index (χ2v) is 4.57. The van der Waals surface area contributed by atoms with Crippen LogP contribution in [0.25, 0.3) is 0 Å². The molecule has 2 heterocycles. The summed E-state index contributed by atoms with van der Waals surface area (Å²) >= 11 is 0. The van der Waals surface area contributed by atoms with Crippen molar-refractivity contribution in [1.29, 1.82) is 0 Å². The van der Waals surface area contributed by atoms with Gasteiger partial charge in [-0.2, -0.15) is 10.1 Å². The summed E-state index contributed by atoms with van der Waals surface area (Å²) in [6.45, 7) is 3.64. The lowest BCUT2D eigenvalue weighted by molar-refractivity contribution is -0.137. The minimum Gasteiger partial charge on any atom is -0.481 e. The topological polar surface area (TPSA) is 82.9 Å². The zero-order chi connectivity index (χ0) is 14.0. The maximum Gasteiger partial charge on any atom is 0.303 e. The normalized spacial score (nSPS) is 18.6. The molecule has 1 amide bonds. The molecule has 19 heavy (non-hydrogen) atoms. The lowest BCUT2D eigenvalue weighted by atomic mass is 9.98. The number of aromatic nitrogens is 1. The van der Waals surface area contributed by atoms with Crippen molar-refractivity contribution >= 4 is 23.4 Å². The molecule has 0 fully saturated rings. The molecular formula is C13H15N3O3. The van der Waals surface area contributed by atoms with Gasteiger partial charge in [-0.05, 0) is 38.0 Å². The number of rotatable bonds is 4. The number of carboxylic acid groups (broad SMARTS) is 1. The number of aryl methyl sites for hydroxylation is 1. The number of nitrogens with zero attached hydrogens (tertiary/aromatic N) is 3. The predicted octanol–water partition coefficient (Wildman–Crippen LogP) is 1.59. The highest BCUT2D eigenvalue weighted by Crippen LogP contribution is 2.25. The highest BCUT2D eigenvalue weighted by Gasteiger charge is 2.34. The average Bonchev–Trinajstić information content (AvgIpc) is 2.62. The molecule has 1 N–H and O–H groups in total. The highest BCUT2D eigenvalue weighted by molar-refractivity contribution is 6.14. The summed E-state index contributed by atoms with van der Waals surface area (Å²) in [5, 5.41) is 14.1. The van der Waals surface area contributed by atoms with Crippen LogP contribution >= 0.6 is 0 Å². The Hall–Kier alpha value is -2.24. The number of carboxylic acids is 1. The smallest absolute Gasteiger partial charge is 0.303 e. The van der Waals surface area contributed by atoms with Crippen molar-refractivity contribution < 1.29 is 14.7 Å². The Morgan fingerprint density at radius 2 is 2.21 bits per heavy atom. The molecule has 1 aliphatic heterocycles. The average molecular weight is 261 g/mol. The SMILES string of the molecule is CC1=NN(c2cc(C)ccn2)C(=O)C1CCC(=O)O. The monoisotopic (exact) mass is 261 g/mol. The van der Waals surface area contributed by atoms with E-state index < -0.39 is 11.9 Å². The number of hydrogen-bond donors (Lipinski definition) is 1. The van der Waals surface area contributed by atoms with Gasteiger partial charge in [0.2, 0.25) is 0 Å². The minimum absolute atomic E-state index is 0.0433.